The largest absolute Gasteiger partial charge is 0.488 e. The number of hydrogen-bond acceptors (Lipinski definition) is 8. The van der Waals surface area contributed by atoms with Crippen LogP contribution in [0.1, 0.15) is 41.4 Å². The molecule has 2 fully saturated rings. The number of nitrogens with zero attached hydrogens (tertiary/aromatic N) is 2. The Morgan fingerprint density at radius 3 is 2.68 bits per heavy atom. The third-order valence-corrected chi connectivity index (χ3v) is 7.28. The number of ether oxygens (including phenoxy) is 1. The maximum atomic E-state index is 14.0. The Hall–Kier alpha value is -3.31. The van der Waals surface area contributed by atoms with Crippen molar-refractivity contribution in [3.8, 4) is 5.75 Å². The second-order valence-corrected chi connectivity index (χ2v) is 9.81. The predicted octanol–water partition coefficient (Wildman–Crippen LogP) is 2.76. The Morgan fingerprint density at radius 1 is 1.21 bits per heavy atom. The molecule has 0 spiro atoms. The minimum absolute atomic E-state index is 0.0106. The molecular weight excluding hydrogens is 459 g/mol. The standard InChI is InChI=1S/C23H25FN6O3S/c1-10-19-21(26-9-27-23(19)34-20(10)22(32)30-17-8-15(17)25)29-16-4-3-12(24)5-18(16)33-14-6-13(7-14)28-11(2)31/h3-5,9,13-15,17H,6-8,25H2,1-2H3,(H,28,31)(H,30,32)(H,26,27,29). The fourth-order valence-electron chi connectivity index (χ4n) is 4.07. The molecule has 2 amide bonds. The van der Waals surface area contributed by atoms with E-state index in [0.29, 0.717) is 39.8 Å². The van der Waals surface area contributed by atoms with Crippen LogP contribution in [0, 0.1) is 12.7 Å². The molecule has 2 heterocycles. The van der Waals surface area contributed by atoms with Crippen LogP contribution in [-0.4, -0.2) is 46.0 Å². The first kappa shape index (κ1) is 22.5. The first-order valence-corrected chi connectivity index (χ1v) is 11.9. The van der Waals surface area contributed by atoms with Crippen LogP contribution < -0.4 is 26.4 Å². The van der Waals surface area contributed by atoms with Crippen LogP contribution in [-0.2, 0) is 4.79 Å². The van der Waals surface area contributed by atoms with Crippen LogP contribution in [0.3, 0.4) is 0 Å². The quantitative estimate of drug-likeness (QED) is 0.406. The smallest absolute Gasteiger partial charge is 0.261 e. The van der Waals surface area contributed by atoms with Gasteiger partial charge in [0.1, 0.15) is 34.6 Å². The van der Waals surface area contributed by atoms with Crippen LogP contribution in [0.4, 0.5) is 15.9 Å². The summed E-state index contributed by atoms with van der Waals surface area (Å²) in [5, 5.41) is 9.76. The second-order valence-electron chi connectivity index (χ2n) is 8.81. The summed E-state index contributed by atoms with van der Waals surface area (Å²) in [6.07, 6.45) is 3.38. The molecule has 5 rings (SSSR count). The zero-order chi connectivity index (χ0) is 24.0. The van der Waals surface area contributed by atoms with E-state index in [1.165, 1.54) is 36.7 Å². The summed E-state index contributed by atoms with van der Waals surface area (Å²) in [6.45, 7) is 3.33. The Morgan fingerprint density at radius 2 is 1.97 bits per heavy atom. The Balaban J connectivity index is 1.38. The van der Waals surface area contributed by atoms with Gasteiger partial charge < -0.3 is 26.4 Å². The highest BCUT2D eigenvalue weighted by Crippen LogP contribution is 2.38. The van der Waals surface area contributed by atoms with Gasteiger partial charge in [-0.25, -0.2) is 14.4 Å². The van der Waals surface area contributed by atoms with Gasteiger partial charge in [-0.15, -0.1) is 11.3 Å². The van der Waals surface area contributed by atoms with Gasteiger partial charge in [0.25, 0.3) is 5.91 Å². The zero-order valence-corrected chi connectivity index (χ0v) is 19.5. The number of benzene rings is 1. The van der Waals surface area contributed by atoms with Crippen molar-refractivity contribution in [1.29, 1.82) is 0 Å². The van der Waals surface area contributed by atoms with Crippen molar-refractivity contribution in [2.24, 2.45) is 5.73 Å². The first-order valence-electron chi connectivity index (χ1n) is 11.1. The number of halogens is 1. The number of carbonyl (C=O) groups is 2. The minimum atomic E-state index is -0.421. The molecule has 1 aromatic carbocycles. The number of amides is 2. The van der Waals surface area contributed by atoms with Crippen molar-refractivity contribution >= 4 is 44.9 Å². The van der Waals surface area contributed by atoms with Crippen molar-refractivity contribution in [2.45, 2.75) is 57.3 Å². The summed E-state index contributed by atoms with van der Waals surface area (Å²) in [7, 11) is 0. The molecule has 3 aromatic rings. The molecular formula is C23H25FN6O3S. The first-order chi connectivity index (χ1) is 16.3. The number of fused-ring (bicyclic) bond motifs is 1. The van der Waals surface area contributed by atoms with Crippen molar-refractivity contribution in [3.05, 3.63) is 40.8 Å². The van der Waals surface area contributed by atoms with Gasteiger partial charge in [-0.05, 0) is 31.0 Å². The number of nitrogens with one attached hydrogen (secondary N) is 3. The minimum Gasteiger partial charge on any atom is -0.488 e. The topological polar surface area (TPSA) is 131 Å². The molecule has 34 heavy (non-hydrogen) atoms. The maximum Gasteiger partial charge on any atom is 0.261 e. The van der Waals surface area contributed by atoms with E-state index in [1.54, 1.807) is 6.07 Å². The van der Waals surface area contributed by atoms with E-state index in [2.05, 4.69) is 25.9 Å². The van der Waals surface area contributed by atoms with Gasteiger partial charge in [-0.1, -0.05) is 0 Å². The van der Waals surface area contributed by atoms with Crippen LogP contribution >= 0.6 is 11.3 Å². The van der Waals surface area contributed by atoms with Gasteiger partial charge in [0.05, 0.1) is 16.0 Å². The molecule has 9 nitrogen and oxygen atoms in total. The van der Waals surface area contributed by atoms with Gasteiger partial charge in [0.15, 0.2) is 0 Å². The van der Waals surface area contributed by atoms with Crippen molar-refractivity contribution in [3.63, 3.8) is 0 Å². The lowest BCUT2D eigenvalue weighted by Gasteiger charge is -2.36. The number of thiophene rings is 1. The van der Waals surface area contributed by atoms with Crippen molar-refractivity contribution in [1.82, 2.24) is 20.6 Å². The third-order valence-electron chi connectivity index (χ3n) is 6.08. The fraction of sp³-hybridized carbons (Fsp3) is 0.391. The number of aryl methyl sites for hydroxylation is 1. The molecule has 2 aliphatic rings. The Kier molecular flexibility index (Phi) is 5.82. The van der Waals surface area contributed by atoms with Gasteiger partial charge >= 0.3 is 0 Å². The highest BCUT2D eigenvalue weighted by molar-refractivity contribution is 7.20. The van der Waals surface area contributed by atoms with Crippen LogP contribution in [0.5, 0.6) is 5.75 Å². The number of carbonyl (C=O) groups excluding carboxylic acids is 2. The summed E-state index contributed by atoms with van der Waals surface area (Å²) in [6, 6.07) is 4.34. The molecule has 2 atom stereocenters. The summed E-state index contributed by atoms with van der Waals surface area (Å²) in [5.74, 6) is 0.182. The van der Waals surface area contributed by atoms with E-state index >= 15 is 0 Å². The summed E-state index contributed by atoms with van der Waals surface area (Å²) in [4.78, 5) is 33.9. The number of anilines is 2. The van der Waals surface area contributed by atoms with Gasteiger partial charge in [-0.2, -0.15) is 0 Å². The molecule has 11 heteroatoms. The molecule has 0 aliphatic heterocycles. The van der Waals surface area contributed by atoms with E-state index in [0.717, 1.165) is 17.4 Å². The molecule has 2 aliphatic carbocycles. The zero-order valence-electron chi connectivity index (χ0n) is 18.7. The Labute approximate surface area is 199 Å². The van der Waals surface area contributed by atoms with E-state index in [-0.39, 0.29) is 36.0 Å². The molecule has 0 radical (unpaired) electrons. The summed E-state index contributed by atoms with van der Waals surface area (Å²) >= 11 is 1.29. The SMILES string of the molecule is CC(=O)NC1CC(Oc2cc(F)ccc2Nc2ncnc3sc(C(=O)NC4CC4N)c(C)c23)C1. The highest BCUT2D eigenvalue weighted by atomic mass is 32.1. The van der Waals surface area contributed by atoms with Crippen LogP contribution in [0.2, 0.25) is 0 Å². The summed E-state index contributed by atoms with van der Waals surface area (Å²) < 4.78 is 20.0. The van der Waals surface area contributed by atoms with E-state index < -0.39 is 5.82 Å². The van der Waals surface area contributed by atoms with Gasteiger partial charge in [0.2, 0.25) is 5.91 Å². The lowest BCUT2D eigenvalue weighted by Crippen LogP contribution is -2.48. The molecule has 2 aromatic heterocycles. The van der Waals surface area contributed by atoms with E-state index in [9.17, 15) is 14.0 Å². The summed E-state index contributed by atoms with van der Waals surface area (Å²) in [5.41, 5.74) is 7.12. The highest BCUT2D eigenvalue weighted by Gasteiger charge is 2.36. The number of aromatic nitrogens is 2. The van der Waals surface area contributed by atoms with Gasteiger partial charge in [0, 0.05) is 44.0 Å². The van der Waals surface area contributed by atoms with Crippen LogP contribution in [0.15, 0.2) is 24.5 Å². The number of hydrogen-bond donors (Lipinski definition) is 4. The lowest BCUT2D eigenvalue weighted by atomic mass is 9.89. The van der Waals surface area contributed by atoms with E-state index in [1.807, 2.05) is 6.92 Å². The molecule has 0 bridgehead atoms. The molecule has 5 N–H and O–H groups in total. The normalized spacial score (nSPS) is 23.2. The Bertz CT molecular complexity index is 1280. The number of nitrogens with two attached hydrogens (primary N) is 1. The number of rotatable bonds is 7. The van der Waals surface area contributed by atoms with Crippen LogP contribution in [0.25, 0.3) is 10.2 Å². The molecule has 0 saturated heterocycles. The van der Waals surface area contributed by atoms with E-state index in [4.69, 9.17) is 10.5 Å². The van der Waals surface area contributed by atoms with Gasteiger partial charge in [-0.3, -0.25) is 9.59 Å². The lowest BCUT2D eigenvalue weighted by molar-refractivity contribution is -0.120. The molecule has 178 valence electrons. The average Bonchev–Trinajstić information content (AvgIpc) is 3.33. The second kappa shape index (κ2) is 8.80. The van der Waals surface area contributed by atoms with Crippen molar-refractivity contribution < 1.29 is 18.7 Å². The average molecular weight is 485 g/mol. The fourth-order valence-corrected chi connectivity index (χ4v) is 5.12. The molecule has 2 unspecified atom stereocenters. The van der Waals surface area contributed by atoms with Crippen molar-refractivity contribution in [2.75, 3.05) is 5.32 Å². The molecule has 2 saturated carbocycles. The monoisotopic (exact) mass is 484 g/mol. The third kappa shape index (κ3) is 4.53. The maximum absolute atomic E-state index is 14.0. The predicted molar refractivity (Wildman–Crippen MR) is 127 cm³/mol.